The van der Waals surface area contributed by atoms with Crippen LogP contribution >= 0.6 is 0 Å². The molecule has 0 radical (unpaired) electrons. The van der Waals surface area contributed by atoms with Crippen LogP contribution in [0.2, 0.25) is 0 Å². The van der Waals surface area contributed by atoms with Crippen molar-refractivity contribution >= 4 is 27.5 Å². The van der Waals surface area contributed by atoms with Crippen LogP contribution in [0, 0.1) is 5.82 Å². The molecule has 2 bridgehead atoms. The van der Waals surface area contributed by atoms with Crippen LogP contribution < -0.4 is 19.7 Å². The van der Waals surface area contributed by atoms with Crippen molar-refractivity contribution in [2.45, 2.75) is 62.3 Å². The number of hydrogen-bond donors (Lipinski definition) is 3. The van der Waals surface area contributed by atoms with Gasteiger partial charge in [0.25, 0.3) is 0 Å². The third-order valence-electron chi connectivity index (χ3n) is 10.1. The normalized spacial score (nSPS) is 23.1. The molecule has 1 unspecified atom stereocenters. The second kappa shape index (κ2) is 11.6. The molecule has 0 amide bonds. The minimum Gasteiger partial charge on any atom is -0.474 e. The Labute approximate surface area is 260 Å². The molecule has 0 saturated carbocycles. The molecule has 3 aromatic heterocycles. The highest BCUT2D eigenvalue weighted by molar-refractivity contribution is 6.00. The molecule has 4 aromatic rings. The number of anilines is 1. The van der Waals surface area contributed by atoms with Crippen molar-refractivity contribution in [1.82, 2.24) is 30.2 Å². The standard InChI is InChI=1S/C33H38FN7O4/c34-27-28(25-13-36-31(44-18-22(43)17-42)24-6-2-1-5-23(24)25)35-14-26-29(27)38-32(45-19-33-9-3-11-41(33)12-4-10-33)39-30(26)40-15-20-7-8-21(16-40)37-20/h1-2,5-6,13-14,20-22,37,42-43H,3-4,7-12,15-19H2/t20-,21+,22?. The fourth-order valence-corrected chi connectivity index (χ4v) is 7.84. The second-order valence-corrected chi connectivity index (χ2v) is 12.9. The third-order valence-corrected chi connectivity index (χ3v) is 10.1. The van der Waals surface area contributed by atoms with E-state index in [-0.39, 0.29) is 35.2 Å². The van der Waals surface area contributed by atoms with Crippen molar-refractivity contribution in [3.63, 3.8) is 0 Å². The molecular formula is C33H38FN7O4. The first kappa shape index (κ1) is 28.7. The number of nitrogens with one attached hydrogen (secondary N) is 1. The Kier molecular flexibility index (Phi) is 7.40. The second-order valence-electron chi connectivity index (χ2n) is 12.9. The number of nitrogens with zero attached hydrogens (tertiary/aromatic N) is 6. The molecule has 7 heterocycles. The lowest BCUT2D eigenvalue weighted by Gasteiger charge is -2.34. The van der Waals surface area contributed by atoms with Gasteiger partial charge in [-0.3, -0.25) is 9.88 Å². The lowest BCUT2D eigenvalue weighted by molar-refractivity contribution is 0.0527. The van der Waals surface area contributed by atoms with E-state index >= 15 is 4.39 Å². The molecule has 8 rings (SSSR count). The van der Waals surface area contributed by atoms with Crippen LogP contribution in [0.15, 0.2) is 36.7 Å². The summed E-state index contributed by atoms with van der Waals surface area (Å²) in [6.07, 6.45) is 8.89. The van der Waals surface area contributed by atoms with Gasteiger partial charge in [0.1, 0.15) is 36.3 Å². The molecule has 4 fully saturated rings. The first-order chi connectivity index (χ1) is 22.0. The molecule has 1 aromatic carbocycles. The Morgan fingerprint density at radius 3 is 2.49 bits per heavy atom. The van der Waals surface area contributed by atoms with E-state index in [2.05, 4.69) is 25.1 Å². The molecule has 0 aliphatic carbocycles. The number of rotatable bonds is 9. The van der Waals surface area contributed by atoms with Gasteiger partial charge in [0.05, 0.1) is 17.5 Å². The minimum absolute atomic E-state index is 0.0101. The van der Waals surface area contributed by atoms with E-state index < -0.39 is 18.5 Å². The number of aliphatic hydroxyl groups excluding tert-OH is 2. The first-order valence-corrected chi connectivity index (χ1v) is 16.1. The molecule has 4 aliphatic rings. The highest BCUT2D eigenvalue weighted by atomic mass is 19.1. The van der Waals surface area contributed by atoms with E-state index in [0.717, 1.165) is 64.7 Å². The number of hydrogen-bond acceptors (Lipinski definition) is 11. The lowest BCUT2D eigenvalue weighted by atomic mass is 9.95. The number of aliphatic hydroxyl groups is 2. The van der Waals surface area contributed by atoms with E-state index in [1.807, 2.05) is 24.3 Å². The van der Waals surface area contributed by atoms with E-state index in [1.165, 1.54) is 6.20 Å². The molecular weight excluding hydrogens is 577 g/mol. The van der Waals surface area contributed by atoms with Crippen molar-refractivity contribution < 1.29 is 24.1 Å². The molecule has 12 heteroatoms. The Hall–Kier alpha value is -3.71. The zero-order valence-corrected chi connectivity index (χ0v) is 25.2. The zero-order valence-electron chi connectivity index (χ0n) is 25.2. The van der Waals surface area contributed by atoms with Crippen LogP contribution in [-0.2, 0) is 0 Å². The average Bonchev–Trinajstić information content (AvgIpc) is 3.76. The summed E-state index contributed by atoms with van der Waals surface area (Å²) in [6.45, 7) is 3.69. The van der Waals surface area contributed by atoms with Gasteiger partial charge in [-0.25, -0.2) is 9.37 Å². The summed E-state index contributed by atoms with van der Waals surface area (Å²) >= 11 is 0. The van der Waals surface area contributed by atoms with Gasteiger partial charge in [-0.05, 0) is 63.1 Å². The largest absolute Gasteiger partial charge is 0.474 e. The van der Waals surface area contributed by atoms with E-state index in [1.54, 1.807) is 6.20 Å². The van der Waals surface area contributed by atoms with Crippen molar-refractivity contribution in [1.29, 1.82) is 0 Å². The highest BCUT2D eigenvalue weighted by Gasteiger charge is 2.45. The number of piperazine rings is 1. The molecule has 45 heavy (non-hydrogen) atoms. The fourth-order valence-electron chi connectivity index (χ4n) is 7.84. The SMILES string of the molecule is OCC(O)COc1ncc(-c2ncc3c(N4C[C@H]5CC[C@@H](C4)N5)nc(OCC45CCCN4CCC5)nc3c2F)c2ccccc12. The van der Waals surface area contributed by atoms with E-state index in [4.69, 9.17) is 19.4 Å². The lowest BCUT2D eigenvalue weighted by Crippen LogP contribution is -2.51. The third kappa shape index (κ3) is 5.13. The maximum absolute atomic E-state index is 16.8. The Bertz CT molecular complexity index is 1720. The van der Waals surface area contributed by atoms with Crippen molar-refractivity contribution in [3.8, 4) is 23.1 Å². The molecule has 4 saturated heterocycles. The number of aromatic nitrogens is 4. The summed E-state index contributed by atoms with van der Waals surface area (Å²) in [5.74, 6) is 0.383. The van der Waals surface area contributed by atoms with E-state index in [0.29, 0.717) is 46.2 Å². The predicted octanol–water partition coefficient (Wildman–Crippen LogP) is 3.06. The predicted molar refractivity (Wildman–Crippen MR) is 167 cm³/mol. The smallest absolute Gasteiger partial charge is 0.319 e. The molecule has 3 N–H and O–H groups in total. The fraction of sp³-hybridized carbons (Fsp3) is 0.515. The molecule has 236 valence electrons. The first-order valence-electron chi connectivity index (χ1n) is 16.1. The summed E-state index contributed by atoms with van der Waals surface area (Å²) in [5, 5.41) is 24.5. The van der Waals surface area contributed by atoms with Crippen LogP contribution in [0.25, 0.3) is 32.9 Å². The van der Waals surface area contributed by atoms with E-state index in [9.17, 15) is 10.2 Å². The number of pyridine rings is 2. The average molecular weight is 616 g/mol. The van der Waals surface area contributed by atoms with Gasteiger partial charge in [-0.15, -0.1) is 0 Å². The number of benzene rings is 1. The maximum atomic E-state index is 16.8. The topological polar surface area (TPSA) is 129 Å². The molecule has 11 nitrogen and oxygen atoms in total. The van der Waals surface area contributed by atoms with Crippen LogP contribution in [0.3, 0.4) is 0 Å². The quantitative estimate of drug-likeness (QED) is 0.257. The monoisotopic (exact) mass is 615 g/mol. The van der Waals surface area contributed by atoms with Gasteiger partial charge in [-0.2, -0.15) is 9.97 Å². The Morgan fingerprint density at radius 1 is 0.978 bits per heavy atom. The summed E-state index contributed by atoms with van der Waals surface area (Å²) in [5.41, 5.74) is 0.805. The van der Waals surface area contributed by atoms with Gasteiger partial charge in [0.2, 0.25) is 5.88 Å². The summed E-state index contributed by atoms with van der Waals surface area (Å²) < 4.78 is 28.8. The number of fused-ring (bicyclic) bond motifs is 5. The van der Waals surface area contributed by atoms with Crippen LogP contribution in [-0.4, -0.2) is 105 Å². The molecule has 0 spiro atoms. The summed E-state index contributed by atoms with van der Waals surface area (Å²) in [4.78, 5) is 23.4. The summed E-state index contributed by atoms with van der Waals surface area (Å²) in [7, 11) is 0. The number of ether oxygens (including phenoxy) is 2. The van der Waals surface area contributed by atoms with Crippen LogP contribution in [0.5, 0.6) is 11.9 Å². The van der Waals surface area contributed by atoms with Crippen LogP contribution in [0.1, 0.15) is 38.5 Å². The highest BCUT2D eigenvalue weighted by Crippen LogP contribution is 2.40. The van der Waals surface area contributed by atoms with Gasteiger partial charge in [0.15, 0.2) is 5.82 Å². The number of halogens is 1. The van der Waals surface area contributed by atoms with Gasteiger partial charge < -0.3 is 29.9 Å². The molecule has 4 aliphatic heterocycles. The van der Waals surface area contributed by atoms with Crippen molar-refractivity contribution in [2.75, 3.05) is 50.9 Å². The Morgan fingerprint density at radius 2 is 1.73 bits per heavy atom. The van der Waals surface area contributed by atoms with Gasteiger partial charge >= 0.3 is 6.01 Å². The van der Waals surface area contributed by atoms with Crippen LogP contribution in [0.4, 0.5) is 10.2 Å². The van der Waals surface area contributed by atoms with Gasteiger partial charge in [0, 0.05) is 48.5 Å². The Balaban J connectivity index is 1.21. The molecule has 3 atom stereocenters. The van der Waals surface area contributed by atoms with Crippen molar-refractivity contribution in [3.05, 3.63) is 42.5 Å². The van der Waals surface area contributed by atoms with Crippen molar-refractivity contribution in [2.24, 2.45) is 0 Å². The minimum atomic E-state index is -1.04. The summed E-state index contributed by atoms with van der Waals surface area (Å²) in [6, 6.07) is 8.32. The maximum Gasteiger partial charge on any atom is 0.319 e. The van der Waals surface area contributed by atoms with Gasteiger partial charge in [-0.1, -0.05) is 18.2 Å². The zero-order chi connectivity index (χ0) is 30.5.